The maximum Gasteiger partial charge on any atom is 0.328 e. The highest BCUT2D eigenvalue weighted by Gasteiger charge is 2.38. The number of hydrogen-bond acceptors (Lipinski definition) is 6. The van der Waals surface area contributed by atoms with Gasteiger partial charge in [-0.25, -0.2) is 4.79 Å². The number of hydrogen-bond donors (Lipinski definition) is 1. The Kier molecular flexibility index (Phi) is 13.4. The molecule has 9 nitrogen and oxygen atoms in total. The van der Waals surface area contributed by atoms with Crippen molar-refractivity contribution in [2.24, 2.45) is 23.5 Å². The van der Waals surface area contributed by atoms with Crippen molar-refractivity contribution in [3.63, 3.8) is 0 Å². The molecule has 0 aromatic carbocycles. The van der Waals surface area contributed by atoms with Gasteiger partial charge in [-0.2, -0.15) is 0 Å². The van der Waals surface area contributed by atoms with Gasteiger partial charge in [0, 0.05) is 21.1 Å². The van der Waals surface area contributed by atoms with Gasteiger partial charge >= 0.3 is 5.97 Å². The van der Waals surface area contributed by atoms with Crippen LogP contribution in [0.4, 0.5) is 0 Å². The van der Waals surface area contributed by atoms with E-state index in [0.29, 0.717) is 12.8 Å². The first-order valence-corrected chi connectivity index (χ1v) is 12.2. The third kappa shape index (κ3) is 8.56. The average Bonchev–Trinajstić information content (AvgIpc) is 2.80. The number of nitrogens with zero attached hydrogens (tertiary/aromatic N) is 3. The van der Waals surface area contributed by atoms with E-state index in [4.69, 9.17) is 10.5 Å². The molecule has 0 unspecified atom stereocenters. The third-order valence-corrected chi connectivity index (χ3v) is 6.61. The zero-order valence-electron chi connectivity index (χ0n) is 23.1. The molecule has 0 aromatic rings. The fourth-order valence-corrected chi connectivity index (χ4v) is 3.79. The Hall–Kier alpha value is -2.16. The van der Waals surface area contributed by atoms with Crippen LogP contribution in [0.15, 0.2) is 0 Å². The van der Waals surface area contributed by atoms with Crippen LogP contribution < -0.4 is 5.73 Å². The molecule has 0 aliphatic carbocycles. The molecule has 3 amide bonds. The van der Waals surface area contributed by atoms with Gasteiger partial charge in [-0.05, 0) is 37.5 Å². The molecule has 34 heavy (non-hydrogen) atoms. The molecular formula is C25H48N4O5. The van der Waals surface area contributed by atoms with Gasteiger partial charge in [0.25, 0.3) is 0 Å². The standard InChI is InChI=1S/C25H48N4O5/c1-12-17(6)21(26)24(32)27(8)18(7)22(30)28(9)19(13-15(2)3)23(31)29(10)20(14-16(4)5)25(33)34-11/h15-21H,12-14,26H2,1-11H3/t17-,18-,19-,20-,21+/m0/s1. The summed E-state index contributed by atoms with van der Waals surface area (Å²) in [5.74, 6) is -1.23. The van der Waals surface area contributed by atoms with E-state index in [1.165, 1.54) is 21.8 Å². The number of rotatable bonds is 13. The molecule has 0 heterocycles. The van der Waals surface area contributed by atoms with Crippen molar-refractivity contribution in [1.29, 1.82) is 0 Å². The van der Waals surface area contributed by atoms with E-state index in [1.54, 1.807) is 28.1 Å². The number of carbonyl (C=O) groups excluding carboxylic acids is 4. The van der Waals surface area contributed by atoms with Crippen LogP contribution in [0.2, 0.25) is 0 Å². The quantitative estimate of drug-likeness (QED) is 0.401. The summed E-state index contributed by atoms with van der Waals surface area (Å²) in [6.07, 6.45) is 1.61. The van der Waals surface area contributed by atoms with Crippen molar-refractivity contribution in [1.82, 2.24) is 14.7 Å². The number of carbonyl (C=O) groups is 4. The number of methoxy groups -OCH3 is 1. The average molecular weight is 485 g/mol. The lowest BCUT2D eigenvalue weighted by Crippen LogP contribution is -2.58. The van der Waals surface area contributed by atoms with E-state index in [0.717, 1.165) is 6.42 Å². The molecule has 0 bridgehead atoms. The van der Waals surface area contributed by atoms with Gasteiger partial charge in [-0.3, -0.25) is 14.4 Å². The second kappa shape index (κ2) is 14.3. The Morgan fingerprint density at radius 3 is 1.59 bits per heavy atom. The number of esters is 1. The van der Waals surface area contributed by atoms with Gasteiger partial charge in [0.05, 0.1) is 13.2 Å². The fraction of sp³-hybridized carbons (Fsp3) is 0.840. The molecule has 0 fully saturated rings. The minimum absolute atomic E-state index is 0.0184. The molecule has 2 N–H and O–H groups in total. The predicted molar refractivity (Wildman–Crippen MR) is 134 cm³/mol. The van der Waals surface area contributed by atoms with Crippen molar-refractivity contribution in [3.8, 4) is 0 Å². The summed E-state index contributed by atoms with van der Waals surface area (Å²) in [5, 5.41) is 0. The molecule has 0 saturated heterocycles. The molecule has 0 aliphatic rings. The molecule has 5 atom stereocenters. The second-order valence-corrected chi connectivity index (χ2v) is 10.2. The van der Waals surface area contributed by atoms with Gasteiger partial charge in [0.15, 0.2) is 0 Å². The molecule has 0 spiro atoms. The Balaban J connectivity index is 5.85. The Morgan fingerprint density at radius 2 is 1.18 bits per heavy atom. The number of likely N-dealkylation sites (N-methyl/N-ethyl adjacent to an activating group) is 3. The van der Waals surface area contributed by atoms with Crippen molar-refractivity contribution in [3.05, 3.63) is 0 Å². The summed E-state index contributed by atoms with van der Waals surface area (Å²) >= 11 is 0. The van der Waals surface area contributed by atoms with Crippen LogP contribution >= 0.6 is 0 Å². The van der Waals surface area contributed by atoms with Crippen LogP contribution in [0.1, 0.15) is 67.7 Å². The zero-order chi connectivity index (χ0) is 26.9. The monoisotopic (exact) mass is 484 g/mol. The van der Waals surface area contributed by atoms with Gasteiger partial charge in [-0.1, -0.05) is 48.0 Å². The molecule has 0 rings (SSSR count). The van der Waals surface area contributed by atoms with Crippen molar-refractivity contribution >= 4 is 23.7 Å². The van der Waals surface area contributed by atoms with E-state index in [-0.39, 0.29) is 35.5 Å². The van der Waals surface area contributed by atoms with Gasteiger partial charge in [-0.15, -0.1) is 0 Å². The van der Waals surface area contributed by atoms with Crippen LogP contribution in [0.5, 0.6) is 0 Å². The molecule has 0 aliphatic heterocycles. The van der Waals surface area contributed by atoms with Gasteiger partial charge in [0.2, 0.25) is 17.7 Å². The lowest BCUT2D eigenvalue weighted by Gasteiger charge is -2.37. The van der Waals surface area contributed by atoms with Crippen LogP contribution in [0.3, 0.4) is 0 Å². The fourth-order valence-electron chi connectivity index (χ4n) is 3.79. The Morgan fingerprint density at radius 1 is 0.735 bits per heavy atom. The number of amides is 3. The van der Waals surface area contributed by atoms with E-state index < -0.39 is 30.1 Å². The van der Waals surface area contributed by atoms with Crippen molar-refractivity contribution in [2.75, 3.05) is 28.3 Å². The summed E-state index contributed by atoms with van der Waals surface area (Å²) in [6, 6.07) is -3.03. The lowest BCUT2D eigenvalue weighted by molar-refractivity contribution is -0.157. The molecule has 198 valence electrons. The van der Waals surface area contributed by atoms with Crippen molar-refractivity contribution < 1.29 is 23.9 Å². The molecule has 0 aromatic heterocycles. The van der Waals surface area contributed by atoms with Crippen molar-refractivity contribution in [2.45, 2.75) is 91.9 Å². The summed E-state index contributed by atoms with van der Waals surface area (Å²) in [6.45, 7) is 13.4. The smallest absolute Gasteiger partial charge is 0.328 e. The topological polar surface area (TPSA) is 113 Å². The first-order chi connectivity index (χ1) is 15.6. The highest BCUT2D eigenvalue weighted by Crippen LogP contribution is 2.20. The van der Waals surface area contributed by atoms with E-state index >= 15 is 0 Å². The summed E-state index contributed by atoms with van der Waals surface area (Å²) in [4.78, 5) is 56.3. The highest BCUT2D eigenvalue weighted by molar-refractivity contribution is 5.94. The molecule has 0 radical (unpaired) electrons. The van der Waals surface area contributed by atoms with E-state index in [1.807, 2.05) is 41.5 Å². The molecule has 0 saturated carbocycles. The number of ether oxygens (including phenoxy) is 1. The van der Waals surface area contributed by atoms with Crippen LogP contribution in [-0.4, -0.2) is 90.8 Å². The van der Waals surface area contributed by atoms with Crippen LogP contribution in [-0.2, 0) is 23.9 Å². The SMILES string of the molecule is CC[C@H](C)[C@@H](N)C(=O)N(C)[C@@H](C)C(=O)N(C)[C@@H](CC(C)C)C(=O)N(C)[C@@H](CC(C)C)C(=O)OC. The molecular weight excluding hydrogens is 436 g/mol. The normalized spacial score (nSPS) is 15.8. The second-order valence-electron chi connectivity index (χ2n) is 10.2. The first kappa shape index (κ1) is 31.8. The summed E-state index contributed by atoms with van der Waals surface area (Å²) < 4.78 is 4.93. The largest absolute Gasteiger partial charge is 0.467 e. The van der Waals surface area contributed by atoms with Gasteiger partial charge < -0.3 is 25.2 Å². The number of nitrogens with two attached hydrogens (primary N) is 1. The molecule has 9 heteroatoms. The third-order valence-electron chi connectivity index (χ3n) is 6.61. The highest BCUT2D eigenvalue weighted by atomic mass is 16.5. The maximum atomic E-state index is 13.6. The Labute approximate surface area is 206 Å². The van der Waals surface area contributed by atoms with Crippen LogP contribution in [0, 0.1) is 17.8 Å². The zero-order valence-corrected chi connectivity index (χ0v) is 23.1. The minimum Gasteiger partial charge on any atom is -0.467 e. The maximum absolute atomic E-state index is 13.6. The summed E-state index contributed by atoms with van der Waals surface area (Å²) in [7, 11) is 6.00. The van der Waals surface area contributed by atoms with E-state index in [2.05, 4.69) is 0 Å². The first-order valence-electron chi connectivity index (χ1n) is 12.2. The summed E-state index contributed by atoms with van der Waals surface area (Å²) in [5.41, 5.74) is 6.09. The Bertz CT molecular complexity index is 697. The van der Waals surface area contributed by atoms with E-state index in [9.17, 15) is 19.2 Å². The lowest BCUT2D eigenvalue weighted by atomic mass is 9.97. The minimum atomic E-state index is -0.799. The van der Waals surface area contributed by atoms with Crippen LogP contribution in [0.25, 0.3) is 0 Å². The predicted octanol–water partition coefficient (Wildman–Crippen LogP) is 2.13. The van der Waals surface area contributed by atoms with Gasteiger partial charge in [0.1, 0.15) is 18.1 Å².